The average Bonchev–Trinajstić information content (AvgIpc) is 2.55. The molecule has 1 fully saturated rings. The molecule has 1 aromatic rings. The van der Waals surface area contributed by atoms with Crippen molar-refractivity contribution in [1.29, 1.82) is 0 Å². The minimum absolute atomic E-state index is 0.0601. The summed E-state index contributed by atoms with van der Waals surface area (Å²) < 4.78 is 12.9. The number of aliphatic carboxylic acids is 1. The van der Waals surface area contributed by atoms with E-state index in [2.05, 4.69) is 10.2 Å². The zero-order valence-corrected chi connectivity index (χ0v) is 10.1. The Kier molecular flexibility index (Phi) is 4.15. The first-order valence-corrected chi connectivity index (χ1v) is 6.11. The van der Waals surface area contributed by atoms with Crippen molar-refractivity contribution in [2.24, 2.45) is 0 Å². The van der Waals surface area contributed by atoms with Crippen LogP contribution in [0.4, 0.5) is 10.1 Å². The van der Waals surface area contributed by atoms with Gasteiger partial charge in [0.15, 0.2) is 0 Å². The first-order chi connectivity index (χ1) is 8.65. The predicted molar refractivity (Wildman–Crippen MR) is 67.3 cm³/mol. The van der Waals surface area contributed by atoms with Crippen molar-refractivity contribution in [3.63, 3.8) is 0 Å². The maximum Gasteiger partial charge on any atom is 0.304 e. The number of carbonyl (C=O) groups is 1. The first-order valence-electron chi connectivity index (χ1n) is 6.11. The standard InChI is InChI=1S/C13H17FN2O2/c14-10-2-4-12(5-3-10)16-7-1-6-15-11(9-16)8-13(17)18/h2-5,11,15H,1,6-9H2,(H,17,18). The largest absolute Gasteiger partial charge is 0.481 e. The van der Waals surface area contributed by atoms with Crippen LogP contribution in [0.1, 0.15) is 12.8 Å². The van der Waals surface area contributed by atoms with Crippen LogP contribution >= 0.6 is 0 Å². The van der Waals surface area contributed by atoms with Crippen molar-refractivity contribution in [2.75, 3.05) is 24.5 Å². The Balaban J connectivity index is 2.06. The number of nitrogens with zero attached hydrogens (tertiary/aromatic N) is 1. The molecule has 1 aromatic carbocycles. The van der Waals surface area contributed by atoms with Gasteiger partial charge in [-0.1, -0.05) is 0 Å². The van der Waals surface area contributed by atoms with Crippen LogP contribution < -0.4 is 10.2 Å². The number of hydrogen-bond acceptors (Lipinski definition) is 3. The highest BCUT2D eigenvalue weighted by Crippen LogP contribution is 2.17. The second-order valence-electron chi connectivity index (χ2n) is 4.52. The lowest BCUT2D eigenvalue weighted by molar-refractivity contribution is -0.137. The van der Waals surface area contributed by atoms with Gasteiger partial charge >= 0.3 is 5.97 Å². The fourth-order valence-electron chi connectivity index (χ4n) is 2.23. The van der Waals surface area contributed by atoms with Crippen LogP contribution in [0.25, 0.3) is 0 Å². The highest BCUT2D eigenvalue weighted by Gasteiger charge is 2.20. The Morgan fingerprint density at radius 3 is 2.83 bits per heavy atom. The van der Waals surface area contributed by atoms with Gasteiger partial charge in [-0.05, 0) is 37.2 Å². The molecule has 0 saturated carbocycles. The number of nitrogens with one attached hydrogen (secondary N) is 1. The van der Waals surface area contributed by atoms with Gasteiger partial charge in [0.2, 0.25) is 0 Å². The molecule has 1 unspecified atom stereocenters. The summed E-state index contributed by atoms with van der Waals surface area (Å²) in [4.78, 5) is 12.9. The van der Waals surface area contributed by atoms with E-state index in [1.165, 1.54) is 12.1 Å². The predicted octanol–water partition coefficient (Wildman–Crippen LogP) is 1.47. The highest BCUT2D eigenvalue weighted by atomic mass is 19.1. The number of carboxylic acids is 1. The zero-order valence-electron chi connectivity index (χ0n) is 10.1. The Bertz CT molecular complexity index is 408. The molecule has 0 spiro atoms. The third-order valence-corrected chi connectivity index (χ3v) is 3.09. The van der Waals surface area contributed by atoms with E-state index in [0.717, 1.165) is 25.2 Å². The fraction of sp³-hybridized carbons (Fsp3) is 0.462. The number of rotatable bonds is 3. The zero-order chi connectivity index (χ0) is 13.0. The van der Waals surface area contributed by atoms with Crippen LogP contribution in [-0.2, 0) is 4.79 Å². The summed E-state index contributed by atoms with van der Waals surface area (Å²) in [5, 5.41) is 12.1. The molecule has 1 saturated heterocycles. The van der Waals surface area contributed by atoms with Crippen LogP contribution in [0, 0.1) is 5.82 Å². The summed E-state index contributed by atoms with van der Waals surface area (Å²) in [6.45, 7) is 2.31. The molecule has 2 rings (SSSR count). The summed E-state index contributed by atoms with van der Waals surface area (Å²) >= 11 is 0. The minimum Gasteiger partial charge on any atom is -0.481 e. The second kappa shape index (κ2) is 5.82. The van der Waals surface area contributed by atoms with Gasteiger partial charge in [-0.3, -0.25) is 4.79 Å². The van der Waals surface area contributed by atoms with Gasteiger partial charge in [0, 0.05) is 24.8 Å². The van der Waals surface area contributed by atoms with Crippen molar-refractivity contribution in [3.8, 4) is 0 Å². The van der Waals surface area contributed by atoms with Gasteiger partial charge in [0.05, 0.1) is 6.42 Å². The van der Waals surface area contributed by atoms with Crippen LogP contribution in [0.5, 0.6) is 0 Å². The van der Waals surface area contributed by atoms with Crippen molar-refractivity contribution < 1.29 is 14.3 Å². The maximum absolute atomic E-state index is 12.9. The molecule has 0 aromatic heterocycles. The molecule has 4 nitrogen and oxygen atoms in total. The number of anilines is 1. The summed E-state index contributed by atoms with van der Waals surface area (Å²) in [7, 11) is 0. The molecule has 0 bridgehead atoms. The molecule has 1 aliphatic rings. The summed E-state index contributed by atoms with van der Waals surface area (Å²) in [6.07, 6.45) is 1.06. The summed E-state index contributed by atoms with van der Waals surface area (Å²) in [5.41, 5.74) is 0.940. The van der Waals surface area contributed by atoms with Crippen molar-refractivity contribution >= 4 is 11.7 Å². The molecule has 1 aliphatic heterocycles. The molecule has 1 heterocycles. The topological polar surface area (TPSA) is 52.6 Å². The number of halogens is 1. The molecule has 0 radical (unpaired) electrons. The Labute approximate surface area is 105 Å². The minimum atomic E-state index is -0.798. The van der Waals surface area contributed by atoms with E-state index in [-0.39, 0.29) is 18.3 Å². The normalized spacial score (nSPS) is 20.5. The van der Waals surface area contributed by atoms with E-state index >= 15 is 0 Å². The third kappa shape index (κ3) is 3.43. The maximum atomic E-state index is 12.9. The number of benzene rings is 1. The second-order valence-corrected chi connectivity index (χ2v) is 4.52. The number of carboxylic acid groups (broad SMARTS) is 1. The van der Waals surface area contributed by atoms with Gasteiger partial charge in [-0.2, -0.15) is 0 Å². The molecule has 0 amide bonds. The quantitative estimate of drug-likeness (QED) is 0.855. The molecule has 5 heteroatoms. The lowest BCUT2D eigenvalue weighted by atomic mass is 10.2. The van der Waals surface area contributed by atoms with Gasteiger partial charge in [0.1, 0.15) is 5.82 Å². The SMILES string of the molecule is O=C(O)CC1CN(c2ccc(F)cc2)CCCN1. The van der Waals surface area contributed by atoms with E-state index in [1.54, 1.807) is 12.1 Å². The van der Waals surface area contributed by atoms with E-state index in [4.69, 9.17) is 5.11 Å². The molecular formula is C13H17FN2O2. The van der Waals surface area contributed by atoms with Crippen molar-refractivity contribution in [2.45, 2.75) is 18.9 Å². The summed E-state index contributed by atoms with van der Waals surface area (Å²) in [6, 6.07) is 6.27. The van der Waals surface area contributed by atoms with Crippen molar-refractivity contribution in [3.05, 3.63) is 30.1 Å². The molecule has 1 atom stereocenters. The molecular weight excluding hydrogens is 235 g/mol. The lowest BCUT2D eigenvalue weighted by Gasteiger charge is -2.25. The Morgan fingerprint density at radius 2 is 2.17 bits per heavy atom. The number of hydrogen-bond donors (Lipinski definition) is 2. The molecule has 18 heavy (non-hydrogen) atoms. The lowest BCUT2D eigenvalue weighted by Crippen LogP contribution is -2.39. The van der Waals surface area contributed by atoms with Crippen LogP contribution in [0.2, 0.25) is 0 Å². The van der Waals surface area contributed by atoms with Gasteiger partial charge in [0.25, 0.3) is 0 Å². The van der Waals surface area contributed by atoms with Gasteiger partial charge in [-0.25, -0.2) is 4.39 Å². The monoisotopic (exact) mass is 252 g/mol. The van der Waals surface area contributed by atoms with Crippen LogP contribution in [0.15, 0.2) is 24.3 Å². The molecule has 2 N–H and O–H groups in total. The van der Waals surface area contributed by atoms with Crippen molar-refractivity contribution in [1.82, 2.24) is 5.32 Å². The van der Waals surface area contributed by atoms with E-state index in [1.807, 2.05) is 0 Å². The highest BCUT2D eigenvalue weighted by molar-refractivity contribution is 5.67. The first kappa shape index (κ1) is 12.8. The molecule has 98 valence electrons. The van der Waals surface area contributed by atoms with E-state index in [9.17, 15) is 9.18 Å². The van der Waals surface area contributed by atoms with Crippen LogP contribution in [-0.4, -0.2) is 36.8 Å². The van der Waals surface area contributed by atoms with E-state index in [0.29, 0.717) is 6.54 Å². The third-order valence-electron chi connectivity index (χ3n) is 3.09. The Hall–Kier alpha value is -1.62. The Morgan fingerprint density at radius 1 is 1.44 bits per heavy atom. The van der Waals surface area contributed by atoms with E-state index < -0.39 is 5.97 Å². The van der Waals surface area contributed by atoms with Gasteiger partial charge < -0.3 is 15.3 Å². The average molecular weight is 252 g/mol. The fourth-order valence-corrected chi connectivity index (χ4v) is 2.23. The smallest absolute Gasteiger partial charge is 0.304 e. The van der Waals surface area contributed by atoms with Crippen LogP contribution in [0.3, 0.4) is 0 Å². The molecule has 0 aliphatic carbocycles. The summed E-state index contributed by atoms with van der Waals surface area (Å²) in [5.74, 6) is -1.05. The van der Waals surface area contributed by atoms with Gasteiger partial charge in [-0.15, -0.1) is 0 Å².